The molecule has 0 saturated heterocycles. The van der Waals surface area contributed by atoms with Crippen LogP contribution in [0.5, 0.6) is 23.0 Å². The van der Waals surface area contributed by atoms with Gasteiger partial charge in [-0.3, -0.25) is 19.4 Å². The normalized spacial score (nSPS) is 14.9. The maximum atomic E-state index is 13.8. The number of fused-ring (bicyclic) bond motifs is 2. The summed E-state index contributed by atoms with van der Waals surface area (Å²) in [5.41, 5.74) is 1.14. The van der Waals surface area contributed by atoms with E-state index in [2.05, 4.69) is 4.98 Å². The van der Waals surface area contributed by atoms with Gasteiger partial charge in [-0.05, 0) is 43.5 Å². The Kier molecular flexibility index (Phi) is 7.38. The van der Waals surface area contributed by atoms with E-state index in [-0.39, 0.29) is 34.6 Å². The van der Waals surface area contributed by atoms with Crippen LogP contribution < -0.4 is 10.3 Å². The van der Waals surface area contributed by atoms with Crippen LogP contribution in [0.2, 0.25) is 0 Å². The van der Waals surface area contributed by atoms with Gasteiger partial charge < -0.3 is 34.1 Å². The summed E-state index contributed by atoms with van der Waals surface area (Å²) < 4.78 is 17.5. The van der Waals surface area contributed by atoms with Crippen molar-refractivity contribution in [2.75, 3.05) is 14.2 Å². The molecule has 0 spiro atoms. The lowest BCUT2D eigenvalue weighted by Gasteiger charge is -2.25. The molecule has 42 heavy (non-hydrogen) atoms. The first-order valence-electron chi connectivity index (χ1n) is 13.1. The van der Waals surface area contributed by atoms with Crippen LogP contribution in [-0.2, 0) is 27.9 Å². The number of hydrogen-bond acceptors (Lipinski definition) is 10. The van der Waals surface area contributed by atoms with Gasteiger partial charge in [0.05, 0.1) is 44.0 Å². The van der Waals surface area contributed by atoms with Crippen LogP contribution in [0.4, 0.5) is 0 Å². The molecule has 5 rings (SSSR count). The fourth-order valence-electron chi connectivity index (χ4n) is 5.53. The molecule has 0 amide bonds. The van der Waals surface area contributed by atoms with Gasteiger partial charge in [-0.2, -0.15) is 0 Å². The van der Waals surface area contributed by atoms with Gasteiger partial charge in [0, 0.05) is 53.0 Å². The molecule has 4 aromatic rings. The highest BCUT2D eigenvalue weighted by Crippen LogP contribution is 2.50. The van der Waals surface area contributed by atoms with Crippen LogP contribution in [0.3, 0.4) is 0 Å². The summed E-state index contributed by atoms with van der Waals surface area (Å²) in [6.07, 6.45) is 0.0959. The van der Waals surface area contributed by atoms with Gasteiger partial charge in [-0.1, -0.05) is 0 Å². The molecule has 2 atom stereocenters. The van der Waals surface area contributed by atoms with Crippen LogP contribution in [-0.4, -0.2) is 50.8 Å². The Bertz CT molecular complexity index is 1830. The zero-order valence-corrected chi connectivity index (χ0v) is 23.7. The number of aryl methyl sites for hydroxylation is 2. The van der Waals surface area contributed by atoms with Crippen molar-refractivity contribution in [3.8, 4) is 23.0 Å². The second kappa shape index (κ2) is 10.8. The first-order valence-corrected chi connectivity index (χ1v) is 13.1. The number of Topliss-reactive ketones (excluding diaryl/α,β-unsaturated/α-hetero) is 1. The summed E-state index contributed by atoms with van der Waals surface area (Å²) in [7, 11) is 4.25. The molecule has 0 fully saturated rings. The van der Waals surface area contributed by atoms with Crippen LogP contribution in [0, 0.1) is 6.92 Å². The molecule has 0 aliphatic carbocycles. The zero-order chi connectivity index (χ0) is 30.5. The van der Waals surface area contributed by atoms with Gasteiger partial charge in [-0.25, -0.2) is 0 Å². The average Bonchev–Trinajstić information content (AvgIpc) is 3.40. The molecular weight excluding hydrogens is 544 g/mol. The van der Waals surface area contributed by atoms with E-state index in [0.717, 1.165) is 0 Å². The predicted molar refractivity (Wildman–Crippen MR) is 151 cm³/mol. The number of carbonyl (C=O) groups excluding carboxylic acids is 2. The van der Waals surface area contributed by atoms with Crippen LogP contribution >= 0.6 is 0 Å². The molecule has 1 aliphatic heterocycles. The maximum Gasteiger partial charge on any atom is 0.306 e. The molecule has 0 unspecified atom stereocenters. The average molecular weight is 575 g/mol. The summed E-state index contributed by atoms with van der Waals surface area (Å²) in [6.45, 7) is 2.93. The smallest absolute Gasteiger partial charge is 0.306 e. The number of ketones is 1. The van der Waals surface area contributed by atoms with E-state index in [9.17, 15) is 29.7 Å². The summed E-state index contributed by atoms with van der Waals surface area (Å²) in [5, 5.41) is 34.6. The second-order valence-corrected chi connectivity index (χ2v) is 10.2. The fourth-order valence-corrected chi connectivity index (χ4v) is 5.53. The van der Waals surface area contributed by atoms with Gasteiger partial charge in [0.1, 0.15) is 29.1 Å². The Balaban J connectivity index is 1.81. The Hall–Kier alpha value is -4.90. The van der Waals surface area contributed by atoms with Gasteiger partial charge in [0.2, 0.25) is 0 Å². The number of nitrogens with zero attached hydrogens (tertiary/aromatic N) is 2. The standard InChI is InChI=1S/C31H30N2O9/c1-14-27(36)25-17(12-32-14)13-42-30(25)22-10-19(15(2)34)28(37)26(29(22)38)20(11-24(35)41-5)21-8-16-6-7-18(40-4)9-23(16)33(3)31(21)39/h6-10,12,20,30,36-38H,11,13H2,1-5H3/t20-,30+/m0/s1. The van der Waals surface area contributed by atoms with Crippen molar-refractivity contribution in [1.82, 2.24) is 9.55 Å². The van der Waals surface area contributed by atoms with Crippen molar-refractivity contribution in [3.63, 3.8) is 0 Å². The molecule has 11 heteroatoms. The molecule has 0 radical (unpaired) electrons. The lowest BCUT2D eigenvalue weighted by atomic mass is 9.83. The highest BCUT2D eigenvalue weighted by atomic mass is 16.5. The molecule has 2 aromatic heterocycles. The van der Waals surface area contributed by atoms with E-state index in [0.29, 0.717) is 33.5 Å². The van der Waals surface area contributed by atoms with Crippen molar-refractivity contribution in [3.05, 3.63) is 86.0 Å². The van der Waals surface area contributed by atoms with Gasteiger partial charge in [0.15, 0.2) is 5.78 Å². The maximum absolute atomic E-state index is 13.8. The SMILES string of the molecule is COC(=O)C[C@H](c1c(O)c(C(C)=O)cc([C@H]2OCc3cnc(C)c(O)c32)c1O)c1cc2ccc(OC)cc2n(C)c1=O. The number of ether oxygens (including phenoxy) is 3. The molecule has 0 saturated carbocycles. The minimum Gasteiger partial charge on any atom is -0.507 e. The number of benzene rings is 2. The summed E-state index contributed by atoms with van der Waals surface area (Å²) in [4.78, 5) is 43.4. The molecule has 2 aromatic carbocycles. The van der Waals surface area contributed by atoms with E-state index in [1.807, 2.05) is 0 Å². The molecule has 3 N–H and O–H groups in total. The van der Waals surface area contributed by atoms with E-state index >= 15 is 0 Å². The van der Waals surface area contributed by atoms with E-state index < -0.39 is 47.3 Å². The first-order chi connectivity index (χ1) is 20.0. The highest BCUT2D eigenvalue weighted by Gasteiger charge is 2.37. The number of phenolic OH excluding ortho intramolecular Hbond substituents is 2. The second-order valence-electron chi connectivity index (χ2n) is 10.2. The fraction of sp³-hybridized carbons (Fsp3) is 0.290. The number of rotatable bonds is 7. The van der Waals surface area contributed by atoms with Crippen molar-refractivity contribution < 1.29 is 39.1 Å². The third kappa shape index (κ3) is 4.61. The van der Waals surface area contributed by atoms with Gasteiger partial charge in [0.25, 0.3) is 5.56 Å². The zero-order valence-electron chi connectivity index (χ0n) is 23.7. The lowest BCUT2D eigenvalue weighted by molar-refractivity contribution is -0.140. The third-order valence-electron chi connectivity index (χ3n) is 7.81. The molecule has 0 bridgehead atoms. The number of phenols is 2. The molecular formula is C31H30N2O9. The van der Waals surface area contributed by atoms with Crippen molar-refractivity contribution in [1.29, 1.82) is 0 Å². The van der Waals surface area contributed by atoms with Crippen molar-refractivity contribution in [2.45, 2.75) is 38.9 Å². The minimum absolute atomic E-state index is 0.0739. The van der Waals surface area contributed by atoms with Crippen molar-refractivity contribution >= 4 is 22.7 Å². The topological polar surface area (TPSA) is 157 Å². The lowest BCUT2D eigenvalue weighted by Crippen LogP contribution is -2.26. The van der Waals surface area contributed by atoms with E-state index in [1.165, 1.54) is 31.8 Å². The third-order valence-corrected chi connectivity index (χ3v) is 7.81. The summed E-state index contributed by atoms with van der Waals surface area (Å²) in [5.74, 6) is -3.13. The number of hydrogen-bond donors (Lipinski definition) is 3. The Morgan fingerprint density at radius 2 is 1.86 bits per heavy atom. The largest absolute Gasteiger partial charge is 0.507 e. The van der Waals surface area contributed by atoms with Gasteiger partial charge >= 0.3 is 5.97 Å². The minimum atomic E-state index is -1.23. The number of methoxy groups -OCH3 is 2. The Labute approximate surface area is 240 Å². The number of aromatic nitrogens is 2. The monoisotopic (exact) mass is 574 g/mol. The first kappa shape index (κ1) is 28.6. The van der Waals surface area contributed by atoms with Crippen LogP contribution in [0.25, 0.3) is 10.9 Å². The summed E-state index contributed by atoms with van der Waals surface area (Å²) >= 11 is 0. The van der Waals surface area contributed by atoms with Crippen LogP contribution in [0.1, 0.15) is 69.2 Å². The van der Waals surface area contributed by atoms with E-state index in [4.69, 9.17) is 14.2 Å². The van der Waals surface area contributed by atoms with Gasteiger partial charge in [-0.15, -0.1) is 0 Å². The highest BCUT2D eigenvalue weighted by molar-refractivity contribution is 5.98. The molecule has 3 heterocycles. The Morgan fingerprint density at radius 3 is 2.52 bits per heavy atom. The summed E-state index contributed by atoms with van der Waals surface area (Å²) in [6, 6.07) is 8.02. The van der Waals surface area contributed by atoms with Crippen LogP contribution in [0.15, 0.2) is 41.3 Å². The number of esters is 1. The molecule has 218 valence electrons. The molecule has 1 aliphatic rings. The van der Waals surface area contributed by atoms with E-state index in [1.54, 1.807) is 44.4 Å². The Morgan fingerprint density at radius 1 is 1.12 bits per heavy atom. The number of carbonyl (C=O) groups is 2. The van der Waals surface area contributed by atoms with Crippen molar-refractivity contribution in [2.24, 2.45) is 7.05 Å². The number of pyridine rings is 2. The predicted octanol–water partition coefficient (Wildman–Crippen LogP) is 3.88. The quantitative estimate of drug-likeness (QED) is 0.219. The number of aromatic hydroxyl groups is 3. The molecule has 11 nitrogen and oxygen atoms in total.